The maximum atomic E-state index is 11.5. The molecule has 1 heterocycles. The number of hydrogen-bond acceptors (Lipinski definition) is 3. The predicted molar refractivity (Wildman–Crippen MR) is 56.0 cm³/mol. The first-order chi connectivity index (χ1) is 6.98. The molecule has 0 saturated carbocycles. The molecule has 1 amide bonds. The Hall–Kier alpha value is -1.08. The van der Waals surface area contributed by atoms with Gasteiger partial charge in [-0.2, -0.15) is 5.26 Å². The highest BCUT2D eigenvalue weighted by molar-refractivity contribution is 5.79. The van der Waals surface area contributed by atoms with E-state index in [9.17, 15) is 4.79 Å². The van der Waals surface area contributed by atoms with Crippen molar-refractivity contribution < 1.29 is 9.53 Å². The minimum absolute atomic E-state index is 0.0642. The van der Waals surface area contributed by atoms with Gasteiger partial charge in [0.1, 0.15) is 0 Å². The lowest BCUT2D eigenvalue weighted by Gasteiger charge is -2.29. The van der Waals surface area contributed by atoms with Crippen molar-refractivity contribution in [2.45, 2.75) is 32.8 Å². The second kappa shape index (κ2) is 4.63. The second-order valence-electron chi connectivity index (χ2n) is 4.50. The van der Waals surface area contributed by atoms with Crippen LogP contribution in [-0.2, 0) is 9.53 Å². The summed E-state index contributed by atoms with van der Waals surface area (Å²) in [6, 6.07) is 2.14. The fourth-order valence-corrected chi connectivity index (χ4v) is 1.91. The van der Waals surface area contributed by atoms with E-state index in [4.69, 9.17) is 10.00 Å². The smallest absolute Gasteiger partial charge is 0.224 e. The van der Waals surface area contributed by atoms with E-state index in [1.807, 2.05) is 20.8 Å². The van der Waals surface area contributed by atoms with Gasteiger partial charge in [0, 0.05) is 26.1 Å². The molecule has 0 bridgehead atoms. The van der Waals surface area contributed by atoms with Gasteiger partial charge in [0.15, 0.2) is 0 Å². The summed E-state index contributed by atoms with van der Waals surface area (Å²) in [5.74, 6) is -0.0794. The lowest BCUT2D eigenvalue weighted by atomic mass is 10.1. The van der Waals surface area contributed by atoms with E-state index in [-0.39, 0.29) is 17.4 Å². The number of hydrogen-bond donors (Lipinski definition) is 0. The van der Waals surface area contributed by atoms with Crippen molar-refractivity contribution in [1.82, 2.24) is 4.90 Å². The van der Waals surface area contributed by atoms with E-state index in [0.29, 0.717) is 26.1 Å². The number of carbonyl (C=O) groups is 1. The SMILES string of the molecule is CCOC(C)(C)CN1CC(C#N)CC1=O. The van der Waals surface area contributed by atoms with Crippen LogP contribution in [-0.4, -0.2) is 36.1 Å². The van der Waals surface area contributed by atoms with Crippen molar-refractivity contribution in [3.8, 4) is 6.07 Å². The predicted octanol–water partition coefficient (Wildman–Crippen LogP) is 1.17. The molecule has 4 heteroatoms. The second-order valence-corrected chi connectivity index (χ2v) is 4.50. The number of nitriles is 1. The van der Waals surface area contributed by atoms with Crippen LogP contribution in [0, 0.1) is 17.2 Å². The first-order valence-electron chi connectivity index (χ1n) is 5.30. The number of rotatable bonds is 4. The molecule has 1 fully saturated rings. The average Bonchev–Trinajstić information content (AvgIpc) is 2.46. The van der Waals surface area contributed by atoms with Gasteiger partial charge in [-0.15, -0.1) is 0 Å². The monoisotopic (exact) mass is 210 g/mol. The molecule has 1 aliphatic rings. The third-order valence-electron chi connectivity index (χ3n) is 2.50. The van der Waals surface area contributed by atoms with Gasteiger partial charge >= 0.3 is 0 Å². The molecule has 84 valence electrons. The van der Waals surface area contributed by atoms with Gasteiger partial charge in [0.2, 0.25) is 5.91 Å². The molecule has 0 aromatic heterocycles. The van der Waals surface area contributed by atoms with Crippen molar-refractivity contribution in [3.63, 3.8) is 0 Å². The maximum Gasteiger partial charge on any atom is 0.224 e. The van der Waals surface area contributed by atoms with Crippen LogP contribution < -0.4 is 0 Å². The molecular formula is C11H18N2O2. The number of amides is 1. The van der Waals surface area contributed by atoms with Gasteiger partial charge in [0.05, 0.1) is 17.6 Å². The van der Waals surface area contributed by atoms with Crippen LogP contribution in [0.1, 0.15) is 27.2 Å². The molecule has 1 unspecified atom stereocenters. The van der Waals surface area contributed by atoms with Crippen molar-refractivity contribution in [2.24, 2.45) is 5.92 Å². The summed E-state index contributed by atoms with van der Waals surface area (Å²) >= 11 is 0. The highest BCUT2D eigenvalue weighted by atomic mass is 16.5. The minimum Gasteiger partial charge on any atom is -0.374 e. The number of nitrogens with zero attached hydrogens (tertiary/aromatic N) is 2. The van der Waals surface area contributed by atoms with E-state index < -0.39 is 0 Å². The van der Waals surface area contributed by atoms with Crippen molar-refractivity contribution in [2.75, 3.05) is 19.7 Å². The molecule has 0 spiro atoms. The van der Waals surface area contributed by atoms with E-state index in [2.05, 4.69) is 6.07 Å². The fourth-order valence-electron chi connectivity index (χ4n) is 1.91. The number of likely N-dealkylation sites (tertiary alicyclic amines) is 1. The summed E-state index contributed by atoms with van der Waals surface area (Å²) < 4.78 is 5.53. The van der Waals surface area contributed by atoms with Crippen LogP contribution in [0.4, 0.5) is 0 Å². The van der Waals surface area contributed by atoms with Gasteiger partial charge in [0.25, 0.3) is 0 Å². The summed E-state index contributed by atoms with van der Waals surface area (Å²) in [5, 5.41) is 8.74. The van der Waals surface area contributed by atoms with Crippen LogP contribution in [0.15, 0.2) is 0 Å². The Labute approximate surface area is 90.8 Å². The van der Waals surface area contributed by atoms with Crippen LogP contribution in [0.5, 0.6) is 0 Å². The molecule has 4 nitrogen and oxygen atoms in total. The van der Waals surface area contributed by atoms with Crippen LogP contribution in [0.2, 0.25) is 0 Å². The molecule has 0 N–H and O–H groups in total. The van der Waals surface area contributed by atoms with Crippen LogP contribution in [0.25, 0.3) is 0 Å². The van der Waals surface area contributed by atoms with Crippen molar-refractivity contribution in [1.29, 1.82) is 5.26 Å². The summed E-state index contributed by atoms with van der Waals surface area (Å²) in [4.78, 5) is 13.3. The number of carbonyl (C=O) groups excluding carboxylic acids is 1. The van der Waals surface area contributed by atoms with E-state index in [1.54, 1.807) is 4.90 Å². The Morgan fingerprint density at radius 3 is 2.80 bits per heavy atom. The summed E-state index contributed by atoms with van der Waals surface area (Å²) in [7, 11) is 0. The first kappa shape index (κ1) is 12.0. The standard InChI is InChI=1S/C11H18N2O2/c1-4-15-11(2,3)8-13-7-9(6-12)5-10(13)14/h9H,4-5,7-8H2,1-3H3. The molecule has 0 radical (unpaired) electrons. The molecule has 1 aliphatic heterocycles. The quantitative estimate of drug-likeness (QED) is 0.700. The van der Waals surface area contributed by atoms with Gasteiger partial charge in [-0.25, -0.2) is 0 Å². The Bertz CT molecular complexity index is 281. The molecule has 15 heavy (non-hydrogen) atoms. The minimum atomic E-state index is -0.325. The summed E-state index contributed by atoms with van der Waals surface area (Å²) in [6.45, 7) is 7.61. The third kappa shape index (κ3) is 3.21. The molecule has 1 atom stereocenters. The number of ether oxygens (including phenoxy) is 1. The Morgan fingerprint density at radius 1 is 1.67 bits per heavy atom. The zero-order valence-electron chi connectivity index (χ0n) is 9.62. The van der Waals surface area contributed by atoms with Crippen LogP contribution >= 0.6 is 0 Å². The molecule has 1 saturated heterocycles. The molecular weight excluding hydrogens is 192 g/mol. The van der Waals surface area contributed by atoms with Gasteiger partial charge < -0.3 is 9.64 Å². The zero-order valence-corrected chi connectivity index (χ0v) is 9.62. The summed E-state index contributed by atoms with van der Waals surface area (Å²) in [6.07, 6.45) is 0.360. The normalized spacial score (nSPS) is 21.9. The van der Waals surface area contributed by atoms with Gasteiger partial charge in [-0.3, -0.25) is 4.79 Å². The van der Waals surface area contributed by atoms with E-state index in [1.165, 1.54) is 0 Å². The third-order valence-corrected chi connectivity index (χ3v) is 2.50. The average molecular weight is 210 g/mol. The zero-order chi connectivity index (χ0) is 11.5. The first-order valence-corrected chi connectivity index (χ1v) is 5.30. The summed E-state index contributed by atoms with van der Waals surface area (Å²) in [5.41, 5.74) is -0.325. The molecule has 1 rings (SSSR count). The maximum absolute atomic E-state index is 11.5. The lowest BCUT2D eigenvalue weighted by molar-refractivity contribution is -0.131. The lowest BCUT2D eigenvalue weighted by Crippen LogP contribution is -2.41. The van der Waals surface area contributed by atoms with Gasteiger partial charge in [-0.1, -0.05) is 0 Å². The van der Waals surface area contributed by atoms with E-state index >= 15 is 0 Å². The molecule has 0 aromatic carbocycles. The van der Waals surface area contributed by atoms with Crippen molar-refractivity contribution in [3.05, 3.63) is 0 Å². The van der Waals surface area contributed by atoms with Crippen LogP contribution in [0.3, 0.4) is 0 Å². The van der Waals surface area contributed by atoms with Gasteiger partial charge in [-0.05, 0) is 20.8 Å². The highest BCUT2D eigenvalue weighted by Gasteiger charge is 2.33. The Morgan fingerprint density at radius 2 is 2.33 bits per heavy atom. The Kier molecular flexibility index (Phi) is 3.70. The largest absolute Gasteiger partial charge is 0.374 e. The fraction of sp³-hybridized carbons (Fsp3) is 0.818. The molecule has 0 aromatic rings. The Balaban J connectivity index is 2.53. The topological polar surface area (TPSA) is 53.3 Å². The molecule has 0 aliphatic carbocycles. The van der Waals surface area contributed by atoms with Crippen molar-refractivity contribution >= 4 is 5.91 Å². The highest BCUT2D eigenvalue weighted by Crippen LogP contribution is 2.20. The van der Waals surface area contributed by atoms with E-state index in [0.717, 1.165) is 0 Å².